The van der Waals surface area contributed by atoms with E-state index in [0.717, 1.165) is 17.8 Å². The van der Waals surface area contributed by atoms with Gasteiger partial charge in [-0.05, 0) is 29.3 Å². The molecule has 0 aliphatic carbocycles. The first-order valence-electron chi connectivity index (χ1n) is 5.85. The zero-order valence-electron chi connectivity index (χ0n) is 10.1. The SMILES string of the molecule is CC(=O)c1cccc(-c2ccc3c(c2)CN=C3)n1. The number of hydrogen-bond acceptors (Lipinski definition) is 3. The first-order chi connectivity index (χ1) is 8.74. The molecule has 0 radical (unpaired) electrons. The average molecular weight is 236 g/mol. The van der Waals surface area contributed by atoms with Crippen molar-refractivity contribution in [3.8, 4) is 11.3 Å². The van der Waals surface area contributed by atoms with E-state index in [9.17, 15) is 4.79 Å². The van der Waals surface area contributed by atoms with E-state index in [2.05, 4.69) is 16.0 Å². The van der Waals surface area contributed by atoms with E-state index in [1.807, 2.05) is 30.5 Å². The number of aromatic nitrogens is 1. The van der Waals surface area contributed by atoms with Crippen LogP contribution in [0.3, 0.4) is 0 Å². The molecular weight excluding hydrogens is 224 g/mol. The zero-order valence-corrected chi connectivity index (χ0v) is 10.1. The van der Waals surface area contributed by atoms with Gasteiger partial charge in [0.05, 0.1) is 12.2 Å². The fraction of sp³-hybridized carbons (Fsp3) is 0.133. The number of pyridine rings is 1. The Morgan fingerprint density at radius 1 is 1.22 bits per heavy atom. The fourth-order valence-corrected chi connectivity index (χ4v) is 2.06. The number of nitrogens with zero attached hydrogens (tertiary/aromatic N) is 2. The van der Waals surface area contributed by atoms with Gasteiger partial charge in [0.15, 0.2) is 5.78 Å². The second-order valence-corrected chi connectivity index (χ2v) is 4.35. The standard InChI is InChI=1S/C15H12N2O/c1-10(18)14-3-2-4-15(17-14)11-5-6-12-8-16-9-13(12)7-11/h2-8H,9H2,1H3. The molecule has 3 nitrogen and oxygen atoms in total. The van der Waals surface area contributed by atoms with Crippen molar-refractivity contribution < 1.29 is 4.79 Å². The van der Waals surface area contributed by atoms with Crippen molar-refractivity contribution in [3.05, 3.63) is 53.2 Å². The van der Waals surface area contributed by atoms with Crippen LogP contribution in [0.5, 0.6) is 0 Å². The van der Waals surface area contributed by atoms with Crippen LogP contribution in [0.1, 0.15) is 28.5 Å². The number of carbonyl (C=O) groups is 1. The number of ketones is 1. The third kappa shape index (κ3) is 1.84. The molecule has 1 aromatic heterocycles. The highest BCUT2D eigenvalue weighted by Gasteiger charge is 2.09. The highest BCUT2D eigenvalue weighted by Crippen LogP contribution is 2.23. The molecule has 0 unspecified atom stereocenters. The molecule has 3 rings (SSSR count). The monoisotopic (exact) mass is 236 g/mol. The molecule has 0 amide bonds. The van der Waals surface area contributed by atoms with Gasteiger partial charge in [-0.25, -0.2) is 4.98 Å². The van der Waals surface area contributed by atoms with Crippen molar-refractivity contribution in [2.24, 2.45) is 4.99 Å². The lowest BCUT2D eigenvalue weighted by molar-refractivity contribution is 0.101. The Morgan fingerprint density at radius 2 is 2.11 bits per heavy atom. The van der Waals surface area contributed by atoms with E-state index in [1.54, 1.807) is 6.07 Å². The number of rotatable bonds is 2. The smallest absolute Gasteiger partial charge is 0.178 e. The zero-order chi connectivity index (χ0) is 12.5. The molecule has 0 bridgehead atoms. The maximum absolute atomic E-state index is 11.3. The lowest BCUT2D eigenvalue weighted by Crippen LogP contribution is -1.97. The van der Waals surface area contributed by atoms with E-state index in [1.165, 1.54) is 18.1 Å². The Kier molecular flexibility index (Phi) is 2.52. The molecule has 0 saturated heterocycles. The number of fused-ring (bicyclic) bond motifs is 1. The Morgan fingerprint density at radius 3 is 2.94 bits per heavy atom. The molecule has 88 valence electrons. The third-order valence-electron chi connectivity index (χ3n) is 3.04. The second kappa shape index (κ2) is 4.18. The maximum Gasteiger partial charge on any atom is 0.178 e. The van der Waals surface area contributed by atoms with Crippen molar-refractivity contribution >= 4 is 12.0 Å². The highest BCUT2D eigenvalue weighted by molar-refractivity contribution is 5.92. The quantitative estimate of drug-likeness (QED) is 0.752. The predicted molar refractivity (Wildman–Crippen MR) is 71.0 cm³/mol. The minimum absolute atomic E-state index is 0.0126. The summed E-state index contributed by atoms with van der Waals surface area (Å²) in [6.45, 7) is 2.26. The molecule has 18 heavy (non-hydrogen) atoms. The number of aliphatic imine (C=N–C) groups is 1. The average Bonchev–Trinajstić information content (AvgIpc) is 2.86. The van der Waals surface area contributed by atoms with Crippen LogP contribution in [0, 0.1) is 0 Å². The molecular formula is C15H12N2O. The van der Waals surface area contributed by atoms with E-state index in [4.69, 9.17) is 0 Å². The fourth-order valence-electron chi connectivity index (χ4n) is 2.06. The molecule has 1 aliphatic rings. The summed E-state index contributed by atoms with van der Waals surface area (Å²) in [6, 6.07) is 11.7. The van der Waals surface area contributed by atoms with Gasteiger partial charge in [0, 0.05) is 18.7 Å². The Labute approximate surface area is 105 Å². The summed E-state index contributed by atoms with van der Waals surface area (Å²) < 4.78 is 0. The van der Waals surface area contributed by atoms with Crippen molar-refractivity contribution in [3.63, 3.8) is 0 Å². The number of carbonyl (C=O) groups excluding carboxylic acids is 1. The predicted octanol–water partition coefficient (Wildman–Crippen LogP) is 2.88. The highest BCUT2D eigenvalue weighted by atomic mass is 16.1. The second-order valence-electron chi connectivity index (χ2n) is 4.35. The normalized spacial score (nSPS) is 12.5. The number of hydrogen-bond donors (Lipinski definition) is 0. The number of Topliss-reactive ketones (excluding diaryl/α,β-unsaturated/α-hetero) is 1. The van der Waals surface area contributed by atoms with E-state index in [-0.39, 0.29) is 5.78 Å². The Bertz CT molecular complexity index is 659. The molecule has 1 aliphatic heterocycles. The summed E-state index contributed by atoms with van der Waals surface area (Å²) in [5, 5.41) is 0. The minimum Gasteiger partial charge on any atom is -0.293 e. The minimum atomic E-state index is -0.0126. The molecule has 0 spiro atoms. The summed E-state index contributed by atoms with van der Waals surface area (Å²) in [4.78, 5) is 19.9. The Hall–Kier alpha value is -2.29. The van der Waals surface area contributed by atoms with Crippen LogP contribution in [0.25, 0.3) is 11.3 Å². The van der Waals surface area contributed by atoms with Gasteiger partial charge in [-0.3, -0.25) is 9.79 Å². The molecule has 2 aromatic rings. The third-order valence-corrected chi connectivity index (χ3v) is 3.04. The van der Waals surface area contributed by atoms with Gasteiger partial charge in [0.2, 0.25) is 0 Å². The first-order valence-corrected chi connectivity index (χ1v) is 5.85. The van der Waals surface area contributed by atoms with Crippen molar-refractivity contribution in [1.29, 1.82) is 0 Å². The lowest BCUT2D eigenvalue weighted by atomic mass is 10.0. The first kappa shape index (κ1) is 10.8. The largest absolute Gasteiger partial charge is 0.293 e. The lowest BCUT2D eigenvalue weighted by Gasteiger charge is -2.05. The van der Waals surface area contributed by atoms with E-state index >= 15 is 0 Å². The summed E-state index contributed by atoms with van der Waals surface area (Å²) in [5.74, 6) is -0.0126. The van der Waals surface area contributed by atoms with Gasteiger partial charge in [-0.2, -0.15) is 0 Å². The molecule has 0 saturated carbocycles. The van der Waals surface area contributed by atoms with Crippen LogP contribution in [0.15, 0.2) is 41.4 Å². The van der Waals surface area contributed by atoms with Crippen LogP contribution in [-0.2, 0) is 6.54 Å². The summed E-state index contributed by atoms with van der Waals surface area (Å²) in [6.07, 6.45) is 1.89. The van der Waals surface area contributed by atoms with Crippen LogP contribution in [0.4, 0.5) is 0 Å². The molecule has 0 fully saturated rings. The van der Waals surface area contributed by atoms with Crippen LogP contribution < -0.4 is 0 Å². The van der Waals surface area contributed by atoms with Gasteiger partial charge in [0.25, 0.3) is 0 Å². The molecule has 3 heteroatoms. The van der Waals surface area contributed by atoms with Gasteiger partial charge in [0.1, 0.15) is 5.69 Å². The van der Waals surface area contributed by atoms with Gasteiger partial charge in [-0.1, -0.05) is 18.2 Å². The molecule has 0 atom stereocenters. The van der Waals surface area contributed by atoms with Crippen molar-refractivity contribution in [2.45, 2.75) is 13.5 Å². The van der Waals surface area contributed by atoms with Crippen LogP contribution >= 0.6 is 0 Å². The Balaban J connectivity index is 2.05. The molecule has 1 aromatic carbocycles. The van der Waals surface area contributed by atoms with Gasteiger partial charge in [-0.15, -0.1) is 0 Å². The van der Waals surface area contributed by atoms with E-state index < -0.39 is 0 Å². The maximum atomic E-state index is 11.3. The topological polar surface area (TPSA) is 42.3 Å². The summed E-state index contributed by atoms with van der Waals surface area (Å²) in [7, 11) is 0. The van der Waals surface area contributed by atoms with Crippen molar-refractivity contribution in [1.82, 2.24) is 4.98 Å². The number of benzene rings is 1. The molecule has 0 N–H and O–H groups in total. The van der Waals surface area contributed by atoms with Crippen molar-refractivity contribution in [2.75, 3.05) is 0 Å². The van der Waals surface area contributed by atoms with Crippen LogP contribution in [-0.4, -0.2) is 17.0 Å². The summed E-state index contributed by atoms with van der Waals surface area (Å²) in [5.41, 5.74) is 4.74. The summed E-state index contributed by atoms with van der Waals surface area (Å²) >= 11 is 0. The van der Waals surface area contributed by atoms with Gasteiger partial charge < -0.3 is 0 Å². The molecule has 2 heterocycles. The van der Waals surface area contributed by atoms with E-state index in [0.29, 0.717) is 5.69 Å². The van der Waals surface area contributed by atoms with Crippen LogP contribution in [0.2, 0.25) is 0 Å². The van der Waals surface area contributed by atoms with Gasteiger partial charge >= 0.3 is 0 Å².